The predicted octanol–water partition coefficient (Wildman–Crippen LogP) is 3.95. The fourth-order valence-corrected chi connectivity index (χ4v) is 3.23. The van der Waals surface area contributed by atoms with Crippen LogP contribution >= 0.6 is 11.8 Å². The molecule has 4 aromatic rings. The Morgan fingerprint density at radius 1 is 0.920 bits per heavy atom. The van der Waals surface area contributed by atoms with Crippen LogP contribution in [0.3, 0.4) is 0 Å². The molecule has 2 N–H and O–H groups in total. The molecule has 0 aliphatic rings. The third-order valence-electron chi connectivity index (χ3n) is 3.46. The third kappa shape index (κ3) is 3.22. The molecule has 0 saturated heterocycles. The normalized spacial score (nSPS) is 10.7. The van der Waals surface area contributed by atoms with Crippen molar-refractivity contribution in [2.24, 2.45) is 0 Å². The Bertz CT molecular complexity index is 1020. The van der Waals surface area contributed by atoms with Gasteiger partial charge in [0.25, 0.3) is 0 Å². The molecule has 6 nitrogen and oxygen atoms in total. The number of rotatable bonds is 4. The molecule has 1 aromatic carbocycles. The first-order valence-electron chi connectivity index (χ1n) is 7.51. The molecule has 7 heteroatoms. The van der Waals surface area contributed by atoms with Crippen molar-refractivity contribution < 1.29 is 4.74 Å². The van der Waals surface area contributed by atoms with Crippen LogP contribution in [-0.4, -0.2) is 19.9 Å². The Hall–Kier alpha value is -3.19. The van der Waals surface area contributed by atoms with Gasteiger partial charge in [0.2, 0.25) is 5.88 Å². The smallest absolute Gasteiger partial charge is 0.247 e. The van der Waals surface area contributed by atoms with Crippen molar-refractivity contribution in [2.45, 2.75) is 9.92 Å². The number of para-hydroxylation sites is 1. The number of benzene rings is 1. The van der Waals surface area contributed by atoms with Crippen LogP contribution < -0.4 is 10.5 Å². The second-order valence-electron chi connectivity index (χ2n) is 5.12. The van der Waals surface area contributed by atoms with E-state index in [1.807, 2.05) is 30.3 Å². The Balaban J connectivity index is 1.68. The standard InChI is InChI=1S/C18H13N5OS/c19-15-17(24-13-6-3-8-20-10-13)22-11-23-18(15)25-14-7-1-4-12-5-2-9-21-16(12)14/h1-11H,19H2. The van der Waals surface area contributed by atoms with E-state index in [-0.39, 0.29) is 0 Å². The monoisotopic (exact) mass is 347 g/mol. The van der Waals surface area contributed by atoms with E-state index >= 15 is 0 Å². The van der Waals surface area contributed by atoms with Gasteiger partial charge in [0, 0.05) is 22.7 Å². The van der Waals surface area contributed by atoms with Gasteiger partial charge in [0.05, 0.1) is 11.7 Å². The van der Waals surface area contributed by atoms with Gasteiger partial charge >= 0.3 is 0 Å². The Morgan fingerprint density at radius 2 is 1.80 bits per heavy atom. The molecule has 0 radical (unpaired) electrons. The topological polar surface area (TPSA) is 86.8 Å². The zero-order valence-corrected chi connectivity index (χ0v) is 13.9. The van der Waals surface area contributed by atoms with E-state index in [2.05, 4.69) is 19.9 Å². The summed E-state index contributed by atoms with van der Waals surface area (Å²) < 4.78 is 5.71. The van der Waals surface area contributed by atoms with Crippen molar-refractivity contribution in [1.29, 1.82) is 0 Å². The summed E-state index contributed by atoms with van der Waals surface area (Å²) in [7, 11) is 0. The second-order valence-corrected chi connectivity index (χ2v) is 6.15. The molecule has 0 unspecified atom stereocenters. The zero-order chi connectivity index (χ0) is 17.1. The molecule has 0 amide bonds. The Kier molecular flexibility index (Phi) is 4.14. The lowest BCUT2D eigenvalue weighted by Gasteiger charge is -2.10. The highest BCUT2D eigenvalue weighted by atomic mass is 32.2. The molecule has 4 rings (SSSR count). The number of nitrogen functional groups attached to an aromatic ring is 1. The van der Waals surface area contributed by atoms with E-state index in [1.54, 1.807) is 30.7 Å². The fraction of sp³-hybridized carbons (Fsp3) is 0. The molecule has 3 heterocycles. The Labute approximate surface area is 148 Å². The predicted molar refractivity (Wildman–Crippen MR) is 96.6 cm³/mol. The summed E-state index contributed by atoms with van der Waals surface area (Å²) in [5, 5.41) is 1.68. The summed E-state index contributed by atoms with van der Waals surface area (Å²) in [4.78, 5) is 17.8. The van der Waals surface area contributed by atoms with Gasteiger partial charge in [0.1, 0.15) is 22.8 Å². The van der Waals surface area contributed by atoms with Crippen LogP contribution in [-0.2, 0) is 0 Å². The van der Waals surface area contributed by atoms with E-state index in [4.69, 9.17) is 10.5 Å². The van der Waals surface area contributed by atoms with E-state index in [1.165, 1.54) is 18.1 Å². The molecule has 122 valence electrons. The van der Waals surface area contributed by atoms with Gasteiger partial charge in [-0.2, -0.15) is 4.98 Å². The van der Waals surface area contributed by atoms with Gasteiger partial charge in [-0.05, 0) is 24.3 Å². The van der Waals surface area contributed by atoms with Crippen molar-refractivity contribution >= 4 is 28.4 Å². The van der Waals surface area contributed by atoms with Crippen molar-refractivity contribution in [3.05, 3.63) is 67.4 Å². The molecular formula is C18H13N5OS. The maximum atomic E-state index is 6.21. The first kappa shape index (κ1) is 15.3. The molecule has 0 bridgehead atoms. The highest BCUT2D eigenvalue weighted by Gasteiger charge is 2.13. The summed E-state index contributed by atoms with van der Waals surface area (Å²) in [6.07, 6.45) is 6.48. The molecule has 0 fully saturated rings. The van der Waals surface area contributed by atoms with Gasteiger partial charge in [-0.25, -0.2) is 4.98 Å². The number of anilines is 1. The Morgan fingerprint density at radius 3 is 2.68 bits per heavy atom. The van der Waals surface area contributed by atoms with Crippen molar-refractivity contribution in [2.75, 3.05) is 5.73 Å². The quantitative estimate of drug-likeness (QED) is 0.559. The molecule has 25 heavy (non-hydrogen) atoms. The summed E-state index contributed by atoms with van der Waals surface area (Å²) in [6.45, 7) is 0. The number of hydrogen-bond donors (Lipinski definition) is 1. The summed E-state index contributed by atoms with van der Waals surface area (Å²) in [5.74, 6) is 0.870. The molecule has 0 aliphatic carbocycles. The molecule has 3 aromatic heterocycles. The number of nitrogens with two attached hydrogens (primary N) is 1. The molecule has 0 saturated carbocycles. The largest absolute Gasteiger partial charge is 0.435 e. The SMILES string of the molecule is Nc1c(Oc2cccnc2)ncnc1Sc1cccc2cccnc12. The van der Waals surface area contributed by atoms with Crippen LogP contribution in [0.15, 0.2) is 77.3 Å². The van der Waals surface area contributed by atoms with Crippen molar-refractivity contribution in [3.8, 4) is 11.6 Å². The van der Waals surface area contributed by atoms with Crippen LogP contribution in [0.25, 0.3) is 10.9 Å². The number of nitrogens with zero attached hydrogens (tertiary/aromatic N) is 4. The summed E-state index contributed by atoms with van der Waals surface area (Å²) in [6, 6.07) is 13.5. The van der Waals surface area contributed by atoms with Gasteiger partial charge < -0.3 is 10.5 Å². The van der Waals surface area contributed by atoms with Gasteiger partial charge in [0.15, 0.2) is 0 Å². The zero-order valence-electron chi connectivity index (χ0n) is 13.0. The third-order valence-corrected chi connectivity index (χ3v) is 4.53. The molecule has 0 atom stereocenters. The van der Waals surface area contributed by atoms with Crippen LogP contribution in [0.5, 0.6) is 11.6 Å². The summed E-state index contributed by atoms with van der Waals surface area (Å²) in [5.41, 5.74) is 7.50. The fourth-order valence-electron chi connectivity index (χ4n) is 2.31. The highest BCUT2D eigenvalue weighted by Crippen LogP contribution is 2.37. The van der Waals surface area contributed by atoms with E-state index in [0.717, 1.165) is 15.8 Å². The van der Waals surface area contributed by atoms with Gasteiger partial charge in [-0.1, -0.05) is 30.0 Å². The van der Waals surface area contributed by atoms with Crippen molar-refractivity contribution in [1.82, 2.24) is 19.9 Å². The average Bonchev–Trinajstić information content (AvgIpc) is 2.66. The van der Waals surface area contributed by atoms with E-state index in [0.29, 0.717) is 22.3 Å². The van der Waals surface area contributed by atoms with Crippen molar-refractivity contribution in [3.63, 3.8) is 0 Å². The highest BCUT2D eigenvalue weighted by molar-refractivity contribution is 7.99. The molecule has 0 spiro atoms. The minimum atomic E-state index is 0.304. The van der Waals surface area contributed by atoms with Crippen LogP contribution in [0.4, 0.5) is 5.69 Å². The maximum Gasteiger partial charge on any atom is 0.247 e. The first-order valence-corrected chi connectivity index (χ1v) is 8.33. The minimum Gasteiger partial charge on any atom is -0.435 e. The number of pyridine rings is 2. The van der Waals surface area contributed by atoms with Crippen LogP contribution in [0, 0.1) is 0 Å². The lowest BCUT2D eigenvalue weighted by molar-refractivity contribution is 0.460. The number of hydrogen-bond acceptors (Lipinski definition) is 7. The van der Waals surface area contributed by atoms with E-state index in [9.17, 15) is 0 Å². The maximum absolute atomic E-state index is 6.21. The lowest BCUT2D eigenvalue weighted by atomic mass is 10.2. The first-order chi connectivity index (χ1) is 12.3. The lowest BCUT2D eigenvalue weighted by Crippen LogP contribution is -1.99. The van der Waals surface area contributed by atoms with E-state index < -0.39 is 0 Å². The molecule has 0 aliphatic heterocycles. The van der Waals surface area contributed by atoms with Gasteiger partial charge in [-0.15, -0.1) is 0 Å². The van der Waals surface area contributed by atoms with Gasteiger partial charge in [-0.3, -0.25) is 9.97 Å². The number of fused-ring (bicyclic) bond motifs is 1. The minimum absolute atomic E-state index is 0.304. The average molecular weight is 347 g/mol. The number of ether oxygens (including phenoxy) is 1. The molecular weight excluding hydrogens is 334 g/mol. The van der Waals surface area contributed by atoms with Crippen LogP contribution in [0.2, 0.25) is 0 Å². The second kappa shape index (κ2) is 6.74. The van der Waals surface area contributed by atoms with Crippen LogP contribution in [0.1, 0.15) is 0 Å². The summed E-state index contributed by atoms with van der Waals surface area (Å²) >= 11 is 1.43. The number of aromatic nitrogens is 4.